The van der Waals surface area contributed by atoms with Crippen LogP contribution in [0.1, 0.15) is 35.5 Å². The third-order valence-corrected chi connectivity index (χ3v) is 6.24. The molecule has 1 saturated heterocycles. The van der Waals surface area contributed by atoms with Crippen LogP contribution in [0.2, 0.25) is 0 Å². The molecule has 0 spiro atoms. The summed E-state index contributed by atoms with van der Waals surface area (Å²) < 4.78 is 0. The number of carbonyl (C=O) groups is 1. The summed E-state index contributed by atoms with van der Waals surface area (Å²) >= 11 is 3.57. The topological polar surface area (TPSA) is 41.1 Å². The van der Waals surface area contributed by atoms with E-state index < -0.39 is 0 Å². The van der Waals surface area contributed by atoms with E-state index in [4.69, 9.17) is 0 Å². The molecular weight excluding hydrogens is 312 g/mol. The third kappa shape index (κ3) is 3.32. The number of thioether (sulfide) groups is 1. The average Bonchev–Trinajstić information content (AvgIpc) is 2.89. The van der Waals surface area contributed by atoms with Gasteiger partial charge in [-0.3, -0.25) is 4.79 Å². The molecule has 0 bridgehead atoms. The Kier molecular flexibility index (Phi) is 5.78. The lowest BCUT2D eigenvalue weighted by Gasteiger charge is -2.32. The molecule has 1 aromatic rings. The molecule has 1 fully saturated rings. The van der Waals surface area contributed by atoms with Crippen LogP contribution in [0.3, 0.4) is 0 Å². The van der Waals surface area contributed by atoms with E-state index in [-0.39, 0.29) is 29.6 Å². The zero-order chi connectivity index (χ0) is 13.2. The molecule has 3 heterocycles. The van der Waals surface area contributed by atoms with Crippen LogP contribution in [0.4, 0.5) is 0 Å². The summed E-state index contributed by atoms with van der Waals surface area (Å²) in [5.74, 6) is 1.26. The summed E-state index contributed by atoms with van der Waals surface area (Å²) in [4.78, 5) is 13.9. The van der Waals surface area contributed by atoms with E-state index in [1.807, 2.05) is 0 Å². The van der Waals surface area contributed by atoms with Crippen LogP contribution in [0.25, 0.3) is 0 Å². The number of aryl methyl sites for hydroxylation is 1. The van der Waals surface area contributed by atoms with E-state index >= 15 is 0 Å². The van der Waals surface area contributed by atoms with Gasteiger partial charge in [0.15, 0.2) is 0 Å². The SMILES string of the molecule is CC1NCCCC1NC(=O)C1SCCc2sccc21.Cl. The van der Waals surface area contributed by atoms with E-state index in [9.17, 15) is 4.79 Å². The fraction of sp³-hybridized carbons (Fsp3) is 0.643. The van der Waals surface area contributed by atoms with Gasteiger partial charge in [0.2, 0.25) is 5.91 Å². The number of amides is 1. The van der Waals surface area contributed by atoms with E-state index in [0.29, 0.717) is 6.04 Å². The largest absolute Gasteiger partial charge is 0.351 e. The summed E-state index contributed by atoms with van der Waals surface area (Å²) in [6.07, 6.45) is 3.35. The molecule has 6 heteroatoms. The van der Waals surface area contributed by atoms with Crippen molar-refractivity contribution in [2.75, 3.05) is 12.3 Å². The molecule has 2 aliphatic heterocycles. The van der Waals surface area contributed by atoms with Gasteiger partial charge in [0.05, 0.1) is 0 Å². The van der Waals surface area contributed by atoms with Gasteiger partial charge >= 0.3 is 0 Å². The lowest BCUT2D eigenvalue weighted by atomic mass is 9.99. The fourth-order valence-corrected chi connectivity index (χ4v) is 5.17. The Labute approximate surface area is 134 Å². The maximum atomic E-state index is 12.5. The van der Waals surface area contributed by atoms with Crippen molar-refractivity contribution in [1.82, 2.24) is 10.6 Å². The third-order valence-electron chi connectivity index (χ3n) is 4.00. The highest BCUT2D eigenvalue weighted by molar-refractivity contribution is 8.00. The predicted molar refractivity (Wildman–Crippen MR) is 89.1 cm³/mol. The number of hydrogen-bond donors (Lipinski definition) is 2. The molecule has 0 saturated carbocycles. The Bertz CT molecular complexity index is 466. The van der Waals surface area contributed by atoms with Gasteiger partial charge in [-0.15, -0.1) is 35.5 Å². The van der Waals surface area contributed by atoms with Gasteiger partial charge in [-0.05, 0) is 55.5 Å². The number of rotatable bonds is 2. The Morgan fingerprint density at radius 2 is 2.35 bits per heavy atom. The number of hydrogen-bond acceptors (Lipinski definition) is 4. The molecule has 3 unspecified atom stereocenters. The van der Waals surface area contributed by atoms with E-state index in [1.165, 1.54) is 10.4 Å². The minimum absolute atomic E-state index is 0. The molecule has 1 amide bonds. The van der Waals surface area contributed by atoms with Crippen LogP contribution in [-0.4, -0.2) is 30.3 Å². The first-order valence-electron chi connectivity index (χ1n) is 6.97. The van der Waals surface area contributed by atoms with Gasteiger partial charge in [0, 0.05) is 17.0 Å². The first-order valence-corrected chi connectivity index (χ1v) is 8.90. The van der Waals surface area contributed by atoms with Gasteiger partial charge in [0.1, 0.15) is 5.25 Å². The molecule has 3 nitrogen and oxygen atoms in total. The number of fused-ring (bicyclic) bond motifs is 1. The summed E-state index contributed by atoms with van der Waals surface area (Å²) in [6, 6.07) is 2.79. The summed E-state index contributed by atoms with van der Waals surface area (Å²) in [6.45, 7) is 3.23. The van der Waals surface area contributed by atoms with Crippen LogP contribution in [0, 0.1) is 0 Å². The van der Waals surface area contributed by atoms with Gasteiger partial charge < -0.3 is 10.6 Å². The van der Waals surface area contributed by atoms with Crippen molar-refractivity contribution in [1.29, 1.82) is 0 Å². The number of thiophene rings is 1. The van der Waals surface area contributed by atoms with E-state index in [0.717, 1.165) is 31.6 Å². The molecule has 112 valence electrons. The van der Waals surface area contributed by atoms with E-state index in [1.54, 1.807) is 23.1 Å². The van der Waals surface area contributed by atoms with Crippen molar-refractivity contribution in [3.8, 4) is 0 Å². The zero-order valence-corrected chi connectivity index (χ0v) is 14.0. The highest BCUT2D eigenvalue weighted by Crippen LogP contribution is 2.39. The van der Waals surface area contributed by atoms with Gasteiger partial charge in [0.25, 0.3) is 0 Å². The maximum Gasteiger partial charge on any atom is 0.237 e. The van der Waals surface area contributed by atoms with E-state index in [2.05, 4.69) is 29.0 Å². The molecule has 0 aliphatic carbocycles. The van der Waals surface area contributed by atoms with Crippen molar-refractivity contribution in [2.45, 2.75) is 43.5 Å². The predicted octanol–water partition coefficient (Wildman–Crippen LogP) is 2.76. The van der Waals surface area contributed by atoms with Crippen molar-refractivity contribution in [3.63, 3.8) is 0 Å². The second-order valence-electron chi connectivity index (χ2n) is 5.30. The molecule has 20 heavy (non-hydrogen) atoms. The molecular formula is C14H21ClN2OS2. The highest BCUT2D eigenvalue weighted by atomic mass is 35.5. The normalized spacial score (nSPS) is 29.1. The van der Waals surface area contributed by atoms with Crippen LogP contribution in [-0.2, 0) is 11.2 Å². The minimum atomic E-state index is 0. The Hall–Kier alpha value is -0.230. The number of carbonyl (C=O) groups excluding carboxylic acids is 1. The molecule has 2 aliphatic rings. The second-order valence-corrected chi connectivity index (χ2v) is 7.51. The fourth-order valence-electron chi connectivity index (χ4n) is 2.86. The average molecular weight is 333 g/mol. The lowest BCUT2D eigenvalue weighted by molar-refractivity contribution is -0.121. The summed E-state index contributed by atoms with van der Waals surface area (Å²) in [5.41, 5.74) is 1.25. The van der Waals surface area contributed by atoms with Crippen molar-refractivity contribution in [2.24, 2.45) is 0 Å². The van der Waals surface area contributed by atoms with Gasteiger partial charge in [-0.1, -0.05) is 0 Å². The second kappa shape index (κ2) is 7.16. The quantitative estimate of drug-likeness (QED) is 0.875. The molecule has 2 N–H and O–H groups in total. The summed E-state index contributed by atoms with van der Waals surface area (Å²) in [7, 11) is 0. The van der Waals surface area contributed by atoms with Gasteiger partial charge in [-0.2, -0.15) is 0 Å². The van der Waals surface area contributed by atoms with Crippen LogP contribution >= 0.6 is 35.5 Å². The zero-order valence-electron chi connectivity index (χ0n) is 11.6. The Morgan fingerprint density at radius 3 is 3.15 bits per heavy atom. The van der Waals surface area contributed by atoms with Crippen molar-refractivity contribution < 1.29 is 4.79 Å². The molecule has 1 aromatic heterocycles. The first kappa shape index (κ1) is 16.1. The lowest BCUT2D eigenvalue weighted by Crippen LogP contribution is -2.52. The highest BCUT2D eigenvalue weighted by Gasteiger charge is 2.31. The van der Waals surface area contributed by atoms with Crippen LogP contribution in [0.15, 0.2) is 11.4 Å². The molecule has 3 rings (SSSR count). The number of halogens is 1. The van der Waals surface area contributed by atoms with Crippen molar-refractivity contribution >= 4 is 41.4 Å². The van der Waals surface area contributed by atoms with Crippen molar-refractivity contribution in [3.05, 3.63) is 21.9 Å². The number of nitrogens with one attached hydrogen (secondary N) is 2. The molecule has 0 radical (unpaired) electrons. The molecule has 3 atom stereocenters. The first-order chi connectivity index (χ1) is 9.25. The number of piperidine rings is 1. The Morgan fingerprint density at radius 1 is 1.50 bits per heavy atom. The smallest absolute Gasteiger partial charge is 0.237 e. The van der Waals surface area contributed by atoms with Gasteiger partial charge in [-0.25, -0.2) is 0 Å². The minimum Gasteiger partial charge on any atom is -0.351 e. The van der Waals surface area contributed by atoms with Crippen LogP contribution < -0.4 is 10.6 Å². The summed E-state index contributed by atoms with van der Waals surface area (Å²) in [5, 5.41) is 8.80. The van der Waals surface area contributed by atoms with Crippen LogP contribution in [0.5, 0.6) is 0 Å². The standard InChI is InChI=1S/C14H20N2OS2.ClH/c1-9-11(3-2-6-15-9)16-14(17)13-10-4-7-18-12(10)5-8-19-13;/h4,7,9,11,13,15H,2-3,5-6,8H2,1H3,(H,16,17);1H. The molecule has 0 aromatic carbocycles. The monoisotopic (exact) mass is 332 g/mol. The Balaban J connectivity index is 0.00000147. The maximum absolute atomic E-state index is 12.5.